The monoisotopic (exact) mass is 442 g/mol. The van der Waals surface area contributed by atoms with Gasteiger partial charge in [0, 0.05) is 18.2 Å². The highest BCUT2D eigenvalue weighted by atomic mass is 32.2. The van der Waals surface area contributed by atoms with Gasteiger partial charge in [-0.25, -0.2) is 8.78 Å². The highest BCUT2D eigenvalue weighted by Crippen LogP contribution is 2.46. The van der Waals surface area contributed by atoms with E-state index in [1.807, 2.05) is 6.07 Å². The molecule has 0 spiro atoms. The standard InChI is InChI=1S/C22H20F2N4O2S/c1-21(12-22(2,19(29)30-3)31-20(26)28-21)15-8-13(4-6-16(15)23)9-17(24)18-7-5-14(10-25)11-27-18/h4-9,11H,12H2,1-3H3,(H2,26,28)/b17-9-/t21-,22-/m0/s1. The van der Waals surface area contributed by atoms with E-state index in [1.165, 1.54) is 49.7 Å². The Kier molecular flexibility index (Phi) is 6.13. The van der Waals surface area contributed by atoms with Crippen LogP contribution < -0.4 is 5.73 Å². The number of aliphatic imine (C=N–C) groups is 1. The number of esters is 1. The molecule has 0 bridgehead atoms. The normalized spacial score (nSPS) is 23.6. The van der Waals surface area contributed by atoms with Gasteiger partial charge in [-0.3, -0.25) is 14.8 Å². The molecule has 2 N–H and O–H groups in total. The second-order valence-electron chi connectivity index (χ2n) is 7.50. The Balaban J connectivity index is 2.01. The van der Waals surface area contributed by atoms with Crippen molar-refractivity contribution in [2.24, 2.45) is 10.7 Å². The van der Waals surface area contributed by atoms with Crippen LogP contribution in [0.2, 0.25) is 0 Å². The number of hydrogen-bond acceptors (Lipinski definition) is 7. The van der Waals surface area contributed by atoms with E-state index in [9.17, 15) is 13.6 Å². The Morgan fingerprint density at radius 3 is 2.71 bits per heavy atom. The lowest BCUT2D eigenvalue weighted by molar-refractivity contribution is -0.143. The molecule has 0 fully saturated rings. The van der Waals surface area contributed by atoms with Crippen molar-refractivity contribution in [1.82, 2.24) is 4.98 Å². The first-order chi connectivity index (χ1) is 14.6. The van der Waals surface area contributed by atoms with Crippen LogP contribution in [0, 0.1) is 17.1 Å². The molecule has 1 aromatic heterocycles. The SMILES string of the molecule is COC(=O)[C@]1(C)C[C@@](C)(c2cc(/C=C(\F)c3ccc(C#N)cn3)ccc2F)N=C(N)S1. The van der Waals surface area contributed by atoms with E-state index in [0.29, 0.717) is 11.1 Å². The number of halogens is 2. The van der Waals surface area contributed by atoms with Gasteiger partial charge in [0.2, 0.25) is 0 Å². The van der Waals surface area contributed by atoms with Gasteiger partial charge < -0.3 is 10.5 Å². The smallest absolute Gasteiger partial charge is 0.322 e. The predicted octanol–water partition coefficient (Wildman–Crippen LogP) is 4.16. The zero-order chi connectivity index (χ0) is 22.8. The lowest BCUT2D eigenvalue weighted by Gasteiger charge is -2.39. The summed E-state index contributed by atoms with van der Waals surface area (Å²) in [6.07, 6.45) is 2.62. The maximum Gasteiger partial charge on any atom is 0.322 e. The number of nitrogens with zero attached hydrogens (tertiary/aromatic N) is 3. The molecule has 0 aliphatic carbocycles. The van der Waals surface area contributed by atoms with Crippen LogP contribution in [0.5, 0.6) is 0 Å². The van der Waals surface area contributed by atoms with Crippen molar-refractivity contribution >= 4 is 34.8 Å². The number of carbonyl (C=O) groups is 1. The van der Waals surface area contributed by atoms with E-state index in [4.69, 9.17) is 15.7 Å². The van der Waals surface area contributed by atoms with E-state index in [1.54, 1.807) is 13.8 Å². The minimum absolute atomic E-state index is 0.0469. The van der Waals surface area contributed by atoms with Crippen molar-refractivity contribution in [1.29, 1.82) is 5.26 Å². The zero-order valence-electron chi connectivity index (χ0n) is 17.1. The Labute approximate surface area is 182 Å². The Morgan fingerprint density at radius 2 is 2.10 bits per heavy atom. The van der Waals surface area contributed by atoms with Crippen molar-refractivity contribution in [3.8, 4) is 6.07 Å². The second-order valence-corrected chi connectivity index (χ2v) is 9.02. The van der Waals surface area contributed by atoms with Gasteiger partial charge in [-0.05, 0) is 49.8 Å². The van der Waals surface area contributed by atoms with Crippen LogP contribution in [0.15, 0.2) is 41.5 Å². The average Bonchev–Trinajstić information content (AvgIpc) is 2.73. The molecular weight excluding hydrogens is 422 g/mol. The number of aromatic nitrogens is 1. The lowest BCUT2D eigenvalue weighted by Crippen LogP contribution is -2.46. The van der Waals surface area contributed by atoms with E-state index in [0.717, 1.165) is 11.8 Å². The first-order valence-electron chi connectivity index (χ1n) is 9.27. The van der Waals surface area contributed by atoms with Gasteiger partial charge in [-0.1, -0.05) is 17.8 Å². The van der Waals surface area contributed by atoms with Gasteiger partial charge in [0.05, 0.1) is 23.9 Å². The fourth-order valence-electron chi connectivity index (χ4n) is 3.58. The Morgan fingerprint density at radius 1 is 1.35 bits per heavy atom. The predicted molar refractivity (Wildman–Crippen MR) is 116 cm³/mol. The first-order valence-corrected chi connectivity index (χ1v) is 10.1. The van der Waals surface area contributed by atoms with Gasteiger partial charge >= 0.3 is 5.97 Å². The van der Waals surface area contributed by atoms with Crippen molar-refractivity contribution in [2.75, 3.05) is 7.11 Å². The fourth-order valence-corrected chi connectivity index (χ4v) is 4.81. The molecule has 0 amide bonds. The number of nitrogens with two attached hydrogens (primary N) is 1. The minimum atomic E-state index is -1.16. The lowest BCUT2D eigenvalue weighted by atomic mass is 9.82. The number of nitriles is 1. The number of rotatable bonds is 4. The topological polar surface area (TPSA) is 101 Å². The number of carbonyl (C=O) groups excluding carboxylic acids is 1. The Bertz CT molecular complexity index is 1130. The van der Waals surface area contributed by atoms with Crippen LogP contribution in [-0.4, -0.2) is 28.0 Å². The summed E-state index contributed by atoms with van der Waals surface area (Å²) in [5.41, 5.74) is 5.73. The Hall–Kier alpha value is -3.25. The summed E-state index contributed by atoms with van der Waals surface area (Å²) in [4.78, 5) is 20.6. The van der Waals surface area contributed by atoms with Gasteiger partial charge in [-0.2, -0.15) is 5.26 Å². The first kappa shape index (κ1) is 22.4. The molecule has 31 heavy (non-hydrogen) atoms. The zero-order valence-corrected chi connectivity index (χ0v) is 18.0. The van der Waals surface area contributed by atoms with E-state index in [2.05, 4.69) is 9.98 Å². The molecule has 160 valence electrons. The average molecular weight is 442 g/mol. The van der Waals surface area contributed by atoms with E-state index >= 15 is 0 Å². The highest BCUT2D eigenvalue weighted by Gasteiger charge is 2.48. The van der Waals surface area contributed by atoms with Gasteiger partial charge in [0.1, 0.15) is 22.5 Å². The third-order valence-corrected chi connectivity index (χ3v) is 6.05. The third-order valence-electron chi connectivity index (χ3n) is 4.99. The number of amidine groups is 1. The maximum absolute atomic E-state index is 14.8. The molecule has 2 aromatic rings. The van der Waals surface area contributed by atoms with Crippen molar-refractivity contribution in [2.45, 2.75) is 30.6 Å². The number of ether oxygens (including phenoxy) is 1. The maximum atomic E-state index is 14.8. The third kappa shape index (κ3) is 4.59. The van der Waals surface area contributed by atoms with Crippen LogP contribution in [-0.2, 0) is 15.1 Å². The molecule has 2 atom stereocenters. The van der Waals surface area contributed by atoms with Crippen LogP contribution in [0.25, 0.3) is 11.9 Å². The number of methoxy groups -OCH3 is 1. The summed E-state index contributed by atoms with van der Waals surface area (Å²) in [6.45, 7) is 3.34. The molecule has 1 aliphatic heterocycles. The summed E-state index contributed by atoms with van der Waals surface area (Å²) in [7, 11) is 1.28. The van der Waals surface area contributed by atoms with Gasteiger partial charge in [0.15, 0.2) is 5.17 Å². The number of benzene rings is 1. The molecule has 1 aliphatic rings. The van der Waals surface area contributed by atoms with Crippen molar-refractivity contribution in [3.05, 3.63) is 64.7 Å². The number of thioether (sulfide) groups is 1. The van der Waals surface area contributed by atoms with Crippen LogP contribution in [0.4, 0.5) is 8.78 Å². The molecule has 0 radical (unpaired) electrons. The quantitative estimate of drug-likeness (QED) is 0.714. The molecule has 0 unspecified atom stereocenters. The second kappa shape index (κ2) is 8.47. The van der Waals surface area contributed by atoms with Crippen LogP contribution >= 0.6 is 11.8 Å². The van der Waals surface area contributed by atoms with Gasteiger partial charge in [0.25, 0.3) is 0 Å². The van der Waals surface area contributed by atoms with Crippen LogP contribution in [0.1, 0.15) is 42.7 Å². The van der Waals surface area contributed by atoms with Crippen LogP contribution in [0.3, 0.4) is 0 Å². The van der Waals surface area contributed by atoms with Crippen molar-refractivity contribution in [3.63, 3.8) is 0 Å². The summed E-state index contributed by atoms with van der Waals surface area (Å²) < 4.78 is 33.3. The highest BCUT2D eigenvalue weighted by molar-refractivity contribution is 8.15. The molecule has 0 saturated heterocycles. The molecule has 9 heteroatoms. The molecule has 3 rings (SSSR count). The molecule has 6 nitrogen and oxygen atoms in total. The largest absolute Gasteiger partial charge is 0.468 e. The minimum Gasteiger partial charge on any atom is -0.468 e. The number of hydrogen-bond donors (Lipinski definition) is 1. The molecule has 1 aromatic carbocycles. The summed E-state index contributed by atoms with van der Waals surface area (Å²) in [5.74, 6) is -1.68. The molecular formula is C22H20F2N4O2S. The van der Waals surface area contributed by atoms with E-state index in [-0.39, 0.29) is 22.8 Å². The summed E-state index contributed by atoms with van der Waals surface area (Å²) in [6, 6.07) is 8.88. The molecule has 0 saturated carbocycles. The van der Waals surface area contributed by atoms with E-state index < -0.39 is 27.9 Å². The fraction of sp³-hybridized carbons (Fsp3) is 0.273. The summed E-state index contributed by atoms with van der Waals surface area (Å²) >= 11 is 1.07. The van der Waals surface area contributed by atoms with Gasteiger partial charge in [-0.15, -0.1) is 0 Å². The molecule has 2 heterocycles. The van der Waals surface area contributed by atoms with Crippen molar-refractivity contribution < 1.29 is 18.3 Å². The number of pyridine rings is 1. The summed E-state index contributed by atoms with van der Waals surface area (Å²) in [5, 5.41) is 8.96.